The molecule has 204 valence electrons. The van der Waals surface area contributed by atoms with E-state index in [1.165, 1.54) is 75.8 Å². The number of unbranched alkanes of at least 4 members (excludes halogenated alkanes) is 2. The summed E-state index contributed by atoms with van der Waals surface area (Å²) in [4.78, 5) is 24.4. The van der Waals surface area contributed by atoms with Crippen LogP contribution in [0.1, 0.15) is 121 Å². The third kappa shape index (κ3) is 8.19. The van der Waals surface area contributed by atoms with E-state index in [1.807, 2.05) is 12.1 Å². The van der Waals surface area contributed by atoms with Crippen LogP contribution in [0.2, 0.25) is 0 Å². The lowest BCUT2D eigenvalue weighted by Gasteiger charge is -2.37. The van der Waals surface area contributed by atoms with Crippen molar-refractivity contribution in [1.29, 1.82) is 0 Å². The smallest absolute Gasteiger partial charge is 0.314 e. The van der Waals surface area contributed by atoms with E-state index in [1.54, 1.807) is 0 Å². The van der Waals surface area contributed by atoms with Crippen LogP contribution in [-0.4, -0.2) is 17.9 Å². The number of benzene rings is 1. The second kappa shape index (κ2) is 14.2. The van der Waals surface area contributed by atoms with Gasteiger partial charge < -0.3 is 10.1 Å². The molecular weight excluding hydrogens is 458 g/mol. The Morgan fingerprint density at radius 1 is 0.865 bits per heavy atom. The first kappa shape index (κ1) is 27.9. The van der Waals surface area contributed by atoms with E-state index in [0.717, 1.165) is 56.3 Å². The Kier molecular flexibility index (Phi) is 10.7. The first-order chi connectivity index (χ1) is 18.1. The predicted molar refractivity (Wildman–Crippen MR) is 150 cm³/mol. The molecule has 3 aliphatic carbocycles. The lowest BCUT2D eigenvalue weighted by Crippen LogP contribution is -2.36. The Morgan fingerprint density at radius 2 is 1.49 bits per heavy atom. The fourth-order valence-corrected chi connectivity index (χ4v) is 7.30. The molecule has 3 saturated carbocycles. The number of carbonyl (C=O) groups is 2. The summed E-state index contributed by atoms with van der Waals surface area (Å²) in [6, 6.07) is 8.41. The van der Waals surface area contributed by atoms with E-state index in [-0.39, 0.29) is 23.8 Å². The summed E-state index contributed by atoms with van der Waals surface area (Å²) in [5.41, 5.74) is 1.30. The first-order valence-corrected chi connectivity index (χ1v) is 15.3. The first-order valence-electron chi connectivity index (χ1n) is 15.3. The fraction of sp³-hybridized carbons (Fsp3) is 0.697. The maximum atomic E-state index is 12.9. The Labute approximate surface area is 225 Å². The Bertz CT molecular complexity index is 854. The second-order valence-electron chi connectivity index (χ2n) is 12.1. The van der Waals surface area contributed by atoms with E-state index in [9.17, 15) is 9.59 Å². The number of carbonyl (C=O) groups excluding carboxylic acids is 2. The minimum Gasteiger partial charge on any atom is -0.426 e. The van der Waals surface area contributed by atoms with Gasteiger partial charge in [-0.15, -0.1) is 0 Å². The summed E-state index contributed by atoms with van der Waals surface area (Å²) in [7, 11) is 0. The molecule has 1 aromatic rings. The van der Waals surface area contributed by atoms with Gasteiger partial charge in [0.05, 0.1) is 5.92 Å². The number of rotatable bonds is 10. The van der Waals surface area contributed by atoms with Gasteiger partial charge in [-0.05, 0) is 112 Å². The molecule has 37 heavy (non-hydrogen) atoms. The highest BCUT2D eigenvalue weighted by atomic mass is 16.5. The van der Waals surface area contributed by atoms with Crippen LogP contribution in [0.5, 0.6) is 5.75 Å². The maximum Gasteiger partial charge on any atom is 0.314 e. The van der Waals surface area contributed by atoms with Gasteiger partial charge in [0.25, 0.3) is 0 Å². The standard InChI is InChI=1S/C33H49NO3/c1-3-5-6-7-24-8-10-25(11-9-24)26-12-14-29(15-13-26)33(36)37-31-22-18-28(19-23-31)27-16-20-30(21-17-27)34-32(35)4-2/h4,18-19,22-27,29-30H,2-3,5-17,20-21H2,1H3,(H,34,35). The van der Waals surface area contributed by atoms with Crippen LogP contribution in [0.3, 0.4) is 0 Å². The summed E-state index contributed by atoms with van der Waals surface area (Å²) >= 11 is 0. The molecule has 4 nitrogen and oxygen atoms in total. The summed E-state index contributed by atoms with van der Waals surface area (Å²) in [6.45, 7) is 5.83. The topological polar surface area (TPSA) is 55.4 Å². The minimum atomic E-state index is -0.0802. The van der Waals surface area contributed by atoms with E-state index in [0.29, 0.717) is 11.7 Å². The monoisotopic (exact) mass is 507 g/mol. The Morgan fingerprint density at radius 3 is 2.08 bits per heavy atom. The summed E-state index contributed by atoms with van der Waals surface area (Å²) in [6.07, 6.45) is 21.1. The number of ether oxygens (including phenoxy) is 1. The van der Waals surface area contributed by atoms with Crippen molar-refractivity contribution < 1.29 is 14.3 Å². The molecule has 0 spiro atoms. The van der Waals surface area contributed by atoms with Gasteiger partial charge in [0.15, 0.2) is 0 Å². The minimum absolute atomic E-state index is 0.0377. The molecule has 4 heteroatoms. The molecule has 0 saturated heterocycles. The van der Waals surface area contributed by atoms with Gasteiger partial charge in [0, 0.05) is 6.04 Å². The number of amides is 1. The average Bonchev–Trinajstić information content (AvgIpc) is 2.94. The molecule has 0 bridgehead atoms. The molecule has 0 aromatic heterocycles. The normalized spacial score (nSPS) is 30.3. The van der Waals surface area contributed by atoms with E-state index < -0.39 is 0 Å². The summed E-state index contributed by atoms with van der Waals surface area (Å²) < 4.78 is 5.82. The molecule has 1 amide bonds. The van der Waals surface area contributed by atoms with Crippen molar-refractivity contribution in [3.05, 3.63) is 42.5 Å². The average molecular weight is 508 g/mol. The fourth-order valence-electron chi connectivity index (χ4n) is 7.30. The zero-order chi connectivity index (χ0) is 26.0. The third-order valence-electron chi connectivity index (χ3n) is 9.71. The van der Waals surface area contributed by atoms with Crippen LogP contribution >= 0.6 is 0 Å². The van der Waals surface area contributed by atoms with Crippen LogP contribution in [-0.2, 0) is 9.59 Å². The number of hydrogen-bond donors (Lipinski definition) is 1. The molecule has 0 atom stereocenters. The van der Waals surface area contributed by atoms with E-state index in [2.05, 4.69) is 31.0 Å². The SMILES string of the molecule is C=CC(=O)NC1CCC(c2ccc(OC(=O)C3CCC(C4CCC(CCCCC)CC4)CC3)cc2)CC1. The molecule has 1 aromatic carbocycles. The van der Waals surface area contributed by atoms with Gasteiger partial charge in [-0.1, -0.05) is 64.2 Å². The van der Waals surface area contributed by atoms with Crippen LogP contribution in [0, 0.1) is 23.7 Å². The quantitative estimate of drug-likeness (QED) is 0.151. The second-order valence-corrected chi connectivity index (χ2v) is 12.1. The van der Waals surface area contributed by atoms with Crippen molar-refractivity contribution >= 4 is 11.9 Å². The number of hydrogen-bond acceptors (Lipinski definition) is 3. The van der Waals surface area contributed by atoms with Crippen molar-refractivity contribution in [3.8, 4) is 5.75 Å². The van der Waals surface area contributed by atoms with Crippen LogP contribution in [0.25, 0.3) is 0 Å². The largest absolute Gasteiger partial charge is 0.426 e. The molecule has 0 heterocycles. The van der Waals surface area contributed by atoms with Crippen LogP contribution in [0.4, 0.5) is 0 Å². The molecule has 4 rings (SSSR count). The van der Waals surface area contributed by atoms with Gasteiger partial charge in [-0.3, -0.25) is 9.59 Å². The van der Waals surface area contributed by atoms with E-state index in [4.69, 9.17) is 4.74 Å². The molecular formula is C33H49NO3. The van der Waals surface area contributed by atoms with Crippen molar-refractivity contribution in [2.24, 2.45) is 23.7 Å². The van der Waals surface area contributed by atoms with Gasteiger partial charge in [-0.2, -0.15) is 0 Å². The zero-order valence-corrected chi connectivity index (χ0v) is 23.1. The van der Waals surface area contributed by atoms with Crippen molar-refractivity contribution in [1.82, 2.24) is 5.32 Å². The highest BCUT2D eigenvalue weighted by Crippen LogP contribution is 2.42. The van der Waals surface area contributed by atoms with Crippen LogP contribution < -0.4 is 10.1 Å². The third-order valence-corrected chi connectivity index (χ3v) is 9.71. The molecule has 1 N–H and O–H groups in total. The molecule has 3 aliphatic rings. The van der Waals surface area contributed by atoms with E-state index >= 15 is 0 Å². The molecule has 3 fully saturated rings. The number of esters is 1. The zero-order valence-electron chi connectivity index (χ0n) is 23.1. The van der Waals surface area contributed by atoms with Crippen molar-refractivity contribution in [2.75, 3.05) is 0 Å². The maximum absolute atomic E-state index is 12.9. The Hall–Kier alpha value is -2.10. The Balaban J connectivity index is 1.16. The van der Waals surface area contributed by atoms with Gasteiger partial charge in [0.2, 0.25) is 5.91 Å². The van der Waals surface area contributed by atoms with Crippen molar-refractivity contribution in [2.45, 2.75) is 122 Å². The molecule has 0 unspecified atom stereocenters. The molecule has 0 radical (unpaired) electrons. The predicted octanol–water partition coefficient (Wildman–Crippen LogP) is 8.11. The lowest BCUT2D eigenvalue weighted by molar-refractivity contribution is -0.140. The summed E-state index contributed by atoms with van der Waals surface area (Å²) in [5.74, 6) is 3.79. The van der Waals surface area contributed by atoms with Gasteiger partial charge >= 0.3 is 5.97 Å². The van der Waals surface area contributed by atoms with Gasteiger partial charge in [-0.25, -0.2) is 0 Å². The van der Waals surface area contributed by atoms with Crippen LogP contribution in [0.15, 0.2) is 36.9 Å². The number of nitrogens with one attached hydrogen (secondary N) is 1. The highest BCUT2D eigenvalue weighted by molar-refractivity contribution is 5.87. The highest BCUT2D eigenvalue weighted by Gasteiger charge is 2.33. The van der Waals surface area contributed by atoms with Gasteiger partial charge in [0.1, 0.15) is 5.75 Å². The lowest BCUT2D eigenvalue weighted by atomic mass is 9.68. The van der Waals surface area contributed by atoms with Crippen molar-refractivity contribution in [3.63, 3.8) is 0 Å². The summed E-state index contributed by atoms with van der Waals surface area (Å²) in [5, 5.41) is 3.02. The molecule has 0 aliphatic heterocycles.